The van der Waals surface area contributed by atoms with Crippen molar-refractivity contribution >= 4 is 11.7 Å². The molecule has 8 heteroatoms. The minimum atomic E-state index is -0.802. The van der Waals surface area contributed by atoms with Crippen LogP contribution in [0.3, 0.4) is 0 Å². The minimum absolute atomic E-state index is 0.0639. The van der Waals surface area contributed by atoms with Crippen LogP contribution in [-0.4, -0.2) is 33.4 Å². The second-order valence-electron chi connectivity index (χ2n) is 5.09. The van der Waals surface area contributed by atoms with Crippen molar-refractivity contribution in [2.45, 2.75) is 0 Å². The predicted molar refractivity (Wildman–Crippen MR) is 96.2 cm³/mol. The van der Waals surface area contributed by atoms with Gasteiger partial charge in [0.25, 0.3) is 0 Å². The fourth-order valence-corrected chi connectivity index (χ4v) is 2.03. The highest BCUT2D eigenvalue weighted by molar-refractivity contribution is 5.89. The van der Waals surface area contributed by atoms with Crippen LogP contribution in [0.2, 0.25) is 0 Å². The first-order valence-electron chi connectivity index (χ1n) is 7.84. The third kappa shape index (κ3) is 6.08. The van der Waals surface area contributed by atoms with Crippen LogP contribution in [0.25, 0.3) is 0 Å². The standard InChI is InChI=1S/C19H18F2N2O4/c1-25-17-8-6-14(12-18(17)26-2)23-19(24)22-9-3-4-10-27-16-7-5-13(20)11-15(16)21/h5-8,11-12H,9-10H2,1-2H3,(H2,22,23,24). The van der Waals surface area contributed by atoms with E-state index in [2.05, 4.69) is 22.5 Å². The summed E-state index contributed by atoms with van der Waals surface area (Å²) in [5.74, 6) is 4.73. The Kier molecular flexibility index (Phi) is 7.26. The van der Waals surface area contributed by atoms with Crippen molar-refractivity contribution in [2.24, 2.45) is 0 Å². The number of carbonyl (C=O) groups excluding carboxylic acids is 1. The fraction of sp³-hybridized carbons (Fsp3) is 0.211. The normalized spacial score (nSPS) is 9.63. The maximum Gasteiger partial charge on any atom is 0.319 e. The zero-order valence-corrected chi connectivity index (χ0v) is 14.8. The summed E-state index contributed by atoms with van der Waals surface area (Å²) >= 11 is 0. The molecule has 2 aromatic rings. The van der Waals surface area contributed by atoms with Crippen molar-refractivity contribution in [2.75, 3.05) is 32.7 Å². The summed E-state index contributed by atoms with van der Waals surface area (Å²) in [6, 6.07) is 7.49. The number of nitrogens with one attached hydrogen (secondary N) is 2. The quantitative estimate of drug-likeness (QED) is 0.760. The molecule has 2 N–H and O–H groups in total. The lowest BCUT2D eigenvalue weighted by atomic mass is 10.3. The van der Waals surface area contributed by atoms with E-state index in [0.29, 0.717) is 17.2 Å². The third-order valence-corrected chi connectivity index (χ3v) is 3.30. The number of amides is 2. The second kappa shape index (κ2) is 9.87. The lowest BCUT2D eigenvalue weighted by molar-refractivity contribution is 0.253. The Hall–Kier alpha value is -3.47. The molecule has 2 amide bonds. The zero-order chi connectivity index (χ0) is 19.6. The summed E-state index contributed by atoms with van der Waals surface area (Å²) in [5, 5.41) is 5.17. The van der Waals surface area contributed by atoms with E-state index in [0.717, 1.165) is 12.1 Å². The van der Waals surface area contributed by atoms with Crippen LogP contribution in [0, 0.1) is 23.5 Å². The summed E-state index contributed by atoms with van der Waals surface area (Å²) in [4.78, 5) is 11.8. The van der Waals surface area contributed by atoms with Crippen molar-refractivity contribution < 1.29 is 27.8 Å². The first-order chi connectivity index (χ1) is 13.0. The Morgan fingerprint density at radius 1 is 1.00 bits per heavy atom. The van der Waals surface area contributed by atoms with E-state index in [1.54, 1.807) is 18.2 Å². The van der Waals surface area contributed by atoms with Gasteiger partial charge >= 0.3 is 6.03 Å². The van der Waals surface area contributed by atoms with E-state index in [1.165, 1.54) is 20.3 Å². The van der Waals surface area contributed by atoms with Crippen LogP contribution in [0.4, 0.5) is 19.3 Å². The highest BCUT2D eigenvalue weighted by Crippen LogP contribution is 2.29. The van der Waals surface area contributed by atoms with Gasteiger partial charge in [0, 0.05) is 17.8 Å². The number of anilines is 1. The molecule has 142 valence electrons. The number of hydrogen-bond acceptors (Lipinski definition) is 4. The van der Waals surface area contributed by atoms with Gasteiger partial charge in [0.2, 0.25) is 0 Å². The molecule has 0 heterocycles. The zero-order valence-electron chi connectivity index (χ0n) is 14.8. The molecule has 0 saturated heterocycles. The maximum atomic E-state index is 13.3. The van der Waals surface area contributed by atoms with Crippen molar-refractivity contribution in [3.8, 4) is 29.1 Å². The lowest BCUT2D eigenvalue weighted by Crippen LogP contribution is -2.28. The van der Waals surface area contributed by atoms with Gasteiger partial charge in [-0.1, -0.05) is 11.8 Å². The van der Waals surface area contributed by atoms with Gasteiger partial charge in [0.1, 0.15) is 12.4 Å². The molecule has 2 rings (SSSR count). The van der Waals surface area contributed by atoms with Gasteiger partial charge in [0.15, 0.2) is 23.1 Å². The molecule has 0 aliphatic carbocycles. The summed E-state index contributed by atoms with van der Waals surface area (Å²) < 4.78 is 41.5. The number of benzene rings is 2. The molecule has 0 unspecified atom stereocenters. The number of carbonyl (C=O) groups is 1. The number of hydrogen-bond donors (Lipinski definition) is 2. The maximum absolute atomic E-state index is 13.3. The summed E-state index contributed by atoms with van der Waals surface area (Å²) in [6.07, 6.45) is 0. The van der Waals surface area contributed by atoms with Crippen molar-refractivity contribution in [1.29, 1.82) is 0 Å². The molecule has 0 spiro atoms. The molecule has 0 saturated carbocycles. The molecule has 0 aliphatic heterocycles. The Morgan fingerprint density at radius 2 is 1.74 bits per heavy atom. The molecule has 0 bridgehead atoms. The second-order valence-corrected chi connectivity index (χ2v) is 5.09. The largest absolute Gasteiger partial charge is 0.493 e. The molecule has 6 nitrogen and oxygen atoms in total. The Bertz CT molecular complexity index is 863. The van der Waals surface area contributed by atoms with Crippen LogP contribution < -0.4 is 24.8 Å². The monoisotopic (exact) mass is 376 g/mol. The van der Waals surface area contributed by atoms with E-state index in [1.807, 2.05) is 0 Å². The summed E-state index contributed by atoms with van der Waals surface area (Å²) in [7, 11) is 3.02. The topological polar surface area (TPSA) is 68.8 Å². The highest BCUT2D eigenvalue weighted by atomic mass is 19.1. The van der Waals surface area contributed by atoms with E-state index in [-0.39, 0.29) is 18.9 Å². The van der Waals surface area contributed by atoms with E-state index >= 15 is 0 Å². The van der Waals surface area contributed by atoms with Crippen LogP contribution in [0.5, 0.6) is 17.2 Å². The molecular formula is C19H18F2N2O4. The third-order valence-electron chi connectivity index (χ3n) is 3.30. The summed E-state index contributed by atoms with van der Waals surface area (Å²) in [5.41, 5.74) is 0.522. The number of rotatable bonds is 6. The van der Waals surface area contributed by atoms with Gasteiger partial charge in [0.05, 0.1) is 20.8 Å². The molecule has 0 fully saturated rings. The van der Waals surface area contributed by atoms with E-state index in [4.69, 9.17) is 14.2 Å². The highest BCUT2D eigenvalue weighted by Gasteiger charge is 2.06. The van der Waals surface area contributed by atoms with Crippen LogP contribution >= 0.6 is 0 Å². The average Bonchev–Trinajstić information content (AvgIpc) is 2.65. The van der Waals surface area contributed by atoms with E-state index < -0.39 is 17.7 Å². The fourth-order valence-electron chi connectivity index (χ4n) is 2.03. The molecule has 2 aromatic carbocycles. The van der Waals surface area contributed by atoms with Crippen molar-refractivity contribution in [1.82, 2.24) is 5.32 Å². The number of urea groups is 1. The Labute approximate surface area is 155 Å². The van der Waals surface area contributed by atoms with Gasteiger partial charge in [-0.15, -0.1) is 0 Å². The Balaban J connectivity index is 1.76. The first kappa shape index (κ1) is 19.8. The molecule has 0 aromatic heterocycles. The SMILES string of the molecule is COc1ccc(NC(=O)NCC#CCOc2ccc(F)cc2F)cc1OC. The first-order valence-corrected chi connectivity index (χ1v) is 7.84. The molecule has 0 aliphatic rings. The number of methoxy groups -OCH3 is 2. The van der Waals surface area contributed by atoms with Crippen LogP contribution in [0.1, 0.15) is 0 Å². The smallest absolute Gasteiger partial charge is 0.319 e. The minimum Gasteiger partial charge on any atom is -0.493 e. The summed E-state index contributed by atoms with van der Waals surface area (Å²) in [6.45, 7) is -0.0318. The molecule has 0 atom stereocenters. The van der Waals surface area contributed by atoms with Crippen molar-refractivity contribution in [3.63, 3.8) is 0 Å². The van der Waals surface area contributed by atoms with Gasteiger partial charge in [-0.3, -0.25) is 0 Å². The Morgan fingerprint density at radius 3 is 2.44 bits per heavy atom. The van der Waals surface area contributed by atoms with Gasteiger partial charge in [-0.2, -0.15) is 0 Å². The van der Waals surface area contributed by atoms with E-state index in [9.17, 15) is 13.6 Å². The molecular weight excluding hydrogens is 358 g/mol. The van der Waals surface area contributed by atoms with Gasteiger partial charge in [-0.25, -0.2) is 13.6 Å². The molecule has 0 radical (unpaired) electrons. The van der Waals surface area contributed by atoms with Crippen LogP contribution in [0.15, 0.2) is 36.4 Å². The van der Waals surface area contributed by atoms with Gasteiger partial charge < -0.3 is 24.8 Å². The van der Waals surface area contributed by atoms with Crippen LogP contribution in [-0.2, 0) is 0 Å². The van der Waals surface area contributed by atoms with Crippen molar-refractivity contribution in [3.05, 3.63) is 48.0 Å². The van der Waals surface area contributed by atoms with Gasteiger partial charge in [-0.05, 0) is 24.3 Å². The predicted octanol–water partition coefficient (Wildman–Crippen LogP) is 3.19. The lowest BCUT2D eigenvalue weighted by Gasteiger charge is -2.10. The number of halogens is 2. The molecule has 27 heavy (non-hydrogen) atoms. The average molecular weight is 376 g/mol. The number of ether oxygens (including phenoxy) is 3.